The molecule has 0 aromatic heterocycles. The van der Waals surface area contributed by atoms with Crippen LogP contribution in [0.1, 0.15) is 18.1 Å². The van der Waals surface area contributed by atoms with Crippen LogP contribution >= 0.6 is 0 Å². The fourth-order valence-electron chi connectivity index (χ4n) is 2.17. The summed E-state index contributed by atoms with van der Waals surface area (Å²) in [7, 11) is 0. The zero-order valence-electron chi connectivity index (χ0n) is 14.0. The summed E-state index contributed by atoms with van der Waals surface area (Å²) in [5.74, 6) is -0.0580. The molecule has 2 rings (SSSR count). The molecule has 0 unspecified atom stereocenters. The van der Waals surface area contributed by atoms with Crippen molar-refractivity contribution in [2.75, 3.05) is 13.2 Å². The number of para-hydroxylation sites is 1. The molecule has 0 aliphatic carbocycles. The van der Waals surface area contributed by atoms with Gasteiger partial charge in [0, 0.05) is 17.7 Å². The Morgan fingerprint density at radius 1 is 1.23 bits per heavy atom. The number of carbonyl (C=O) groups excluding carboxylic acids is 1. The van der Waals surface area contributed by atoms with E-state index in [0.29, 0.717) is 22.4 Å². The first-order valence-electron chi connectivity index (χ1n) is 7.79. The summed E-state index contributed by atoms with van der Waals surface area (Å²) >= 11 is 0. The minimum Gasteiger partial charge on any atom is -0.481 e. The zero-order valence-corrected chi connectivity index (χ0v) is 14.0. The molecule has 0 bridgehead atoms. The number of non-ortho nitro benzene ring substituents is 1. The van der Waals surface area contributed by atoms with E-state index < -0.39 is 10.9 Å². The molecule has 0 spiro atoms. The zero-order chi connectivity index (χ0) is 18.9. The first-order valence-corrected chi connectivity index (χ1v) is 7.79. The first-order chi connectivity index (χ1) is 12.5. The molecule has 2 aromatic carbocycles. The van der Waals surface area contributed by atoms with Crippen LogP contribution in [0.5, 0.6) is 5.75 Å². The maximum atomic E-state index is 11.4. The molecule has 2 aromatic rings. The highest BCUT2D eigenvalue weighted by Gasteiger charge is 2.10. The van der Waals surface area contributed by atoms with Gasteiger partial charge in [-0.1, -0.05) is 18.2 Å². The Morgan fingerprint density at radius 2 is 1.92 bits per heavy atom. The van der Waals surface area contributed by atoms with Crippen LogP contribution in [-0.2, 0) is 9.53 Å². The van der Waals surface area contributed by atoms with Gasteiger partial charge in [-0.2, -0.15) is 5.26 Å². The van der Waals surface area contributed by atoms with Crippen LogP contribution in [0.15, 0.2) is 48.5 Å². The number of nitrogens with zero attached hydrogens (tertiary/aromatic N) is 2. The highest BCUT2D eigenvalue weighted by Crippen LogP contribution is 2.25. The van der Waals surface area contributed by atoms with E-state index in [-0.39, 0.29) is 18.9 Å². The highest BCUT2D eigenvalue weighted by molar-refractivity contribution is 5.90. The summed E-state index contributed by atoms with van der Waals surface area (Å²) in [4.78, 5) is 21.7. The highest BCUT2D eigenvalue weighted by atomic mass is 16.6. The van der Waals surface area contributed by atoms with Gasteiger partial charge in [0.2, 0.25) is 0 Å². The number of nitro groups is 1. The molecule has 0 fully saturated rings. The van der Waals surface area contributed by atoms with Gasteiger partial charge in [-0.15, -0.1) is 0 Å². The molecular weight excluding hydrogens is 336 g/mol. The van der Waals surface area contributed by atoms with Gasteiger partial charge >= 0.3 is 5.97 Å². The average molecular weight is 352 g/mol. The number of nitriles is 1. The van der Waals surface area contributed by atoms with Gasteiger partial charge < -0.3 is 9.47 Å². The van der Waals surface area contributed by atoms with Crippen molar-refractivity contribution in [2.45, 2.75) is 6.92 Å². The lowest BCUT2D eigenvalue weighted by Gasteiger charge is -2.09. The van der Waals surface area contributed by atoms with E-state index in [1.165, 1.54) is 24.3 Å². The number of rotatable bonds is 7. The molecule has 132 valence electrons. The van der Waals surface area contributed by atoms with Crippen LogP contribution in [0.25, 0.3) is 11.6 Å². The summed E-state index contributed by atoms with van der Waals surface area (Å²) in [6.07, 6.45) is 1.60. The van der Waals surface area contributed by atoms with Crippen molar-refractivity contribution >= 4 is 23.3 Å². The lowest BCUT2D eigenvalue weighted by Crippen LogP contribution is -2.14. The Hall–Kier alpha value is -3.66. The first kappa shape index (κ1) is 18.7. The number of benzene rings is 2. The molecule has 7 nitrogen and oxygen atoms in total. The fraction of sp³-hybridized carbons (Fsp3) is 0.158. The number of carbonyl (C=O) groups is 1. The second kappa shape index (κ2) is 8.99. The molecule has 0 atom stereocenters. The van der Waals surface area contributed by atoms with E-state index in [9.17, 15) is 20.2 Å². The van der Waals surface area contributed by atoms with Crippen molar-refractivity contribution < 1.29 is 19.2 Å². The van der Waals surface area contributed by atoms with E-state index in [0.717, 1.165) is 0 Å². The molecule has 7 heteroatoms. The van der Waals surface area contributed by atoms with Crippen molar-refractivity contribution in [1.29, 1.82) is 5.26 Å². The normalized spacial score (nSPS) is 10.7. The third kappa shape index (κ3) is 4.92. The Balaban J connectivity index is 2.27. The number of hydrogen-bond acceptors (Lipinski definition) is 6. The predicted octanol–water partition coefficient (Wildman–Crippen LogP) is 3.60. The molecular formula is C19H16N2O5. The molecule has 0 radical (unpaired) electrons. The van der Waals surface area contributed by atoms with E-state index in [1.54, 1.807) is 37.3 Å². The van der Waals surface area contributed by atoms with Crippen LogP contribution in [0.2, 0.25) is 0 Å². The van der Waals surface area contributed by atoms with Crippen LogP contribution < -0.4 is 4.74 Å². The summed E-state index contributed by atoms with van der Waals surface area (Å²) < 4.78 is 10.3. The predicted molar refractivity (Wildman–Crippen MR) is 95.2 cm³/mol. The standard InChI is InChI=1S/C19H16N2O5/c1-2-25-19(22)13-26-18-6-4-3-5-15(18)11-16(12-20)14-7-9-17(10-8-14)21(23)24/h3-11H,2,13H2,1H3/b16-11-. The van der Waals surface area contributed by atoms with Crippen molar-refractivity contribution in [3.05, 3.63) is 69.8 Å². The van der Waals surface area contributed by atoms with Crippen LogP contribution in [0.3, 0.4) is 0 Å². The van der Waals surface area contributed by atoms with E-state index in [4.69, 9.17) is 9.47 Å². The molecule has 26 heavy (non-hydrogen) atoms. The fourth-order valence-corrected chi connectivity index (χ4v) is 2.17. The molecule has 0 aliphatic rings. The van der Waals surface area contributed by atoms with Crippen LogP contribution in [0, 0.1) is 21.4 Å². The second-order valence-corrected chi connectivity index (χ2v) is 5.11. The molecule has 0 saturated carbocycles. The number of esters is 1. The van der Waals surface area contributed by atoms with Crippen molar-refractivity contribution in [3.63, 3.8) is 0 Å². The maximum Gasteiger partial charge on any atom is 0.344 e. The van der Waals surface area contributed by atoms with Gasteiger partial charge in [0.05, 0.1) is 23.2 Å². The number of nitro benzene ring substituents is 1. The SMILES string of the molecule is CCOC(=O)COc1ccccc1/C=C(/C#N)c1ccc([N+](=O)[O-])cc1. The summed E-state index contributed by atoms with van der Waals surface area (Å²) in [6.45, 7) is 1.73. The number of allylic oxidation sites excluding steroid dienone is 1. The van der Waals surface area contributed by atoms with Gasteiger partial charge in [0.15, 0.2) is 6.61 Å². The minimum atomic E-state index is -0.502. The third-order valence-electron chi connectivity index (χ3n) is 3.38. The summed E-state index contributed by atoms with van der Waals surface area (Å²) in [6, 6.07) is 14.7. The van der Waals surface area contributed by atoms with E-state index >= 15 is 0 Å². The monoisotopic (exact) mass is 352 g/mol. The van der Waals surface area contributed by atoms with Crippen molar-refractivity contribution in [3.8, 4) is 11.8 Å². The third-order valence-corrected chi connectivity index (χ3v) is 3.38. The van der Waals surface area contributed by atoms with Gasteiger partial charge in [0.1, 0.15) is 5.75 Å². The second-order valence-electron chi connectivity index (χ2n) is 5.11. The Morgan fingerprint density at radius 3 is 2.54 bits per heavy atom. The molecule has 0 N–H and O–H groups in total. The topological polar surface area (TPSA) is 102 Å². The summed E-state index contributed by atoms with van der Waals surface area (Å²) in [5.41, 5.74) is 1.40. The van der Waals surface area contributed by atoms with E-state index in [1.807, 2.05) is 0 Å². The number of ether oxygens (including phenoxy) is 2. The van der Waals surface area contributed by atoms with Gasteiger partial charge in [-0.25, -0.2) is 4.79 Å². The molecule has 0 heterocycles. The van der Waals surface area contributed by atoms with E-state index in [2.05, 4.69) is 6.07 Å². The quantitative estimate of drug-likeness (QED) is 0.248. The lowest BCUT2D eigenvalue weighted by molar-refractivity contribution is -0.384. The Labute approximate surface area is 150 Å². The minimum absolute atomic E-state index is 0.0517. The van der Waals surface area contributed by atoms with Crippen LogP contribution in [0.4, 0.5) is 5.69 Å². The smallest absolute Gasteiger partial charge is 0.344 e. The van der Waals surface area contributed by atoms with Crippen LogP contribution in [-0.4, -0.2) is 24.1 Å². The largest absolute Gasteiger partial charge is 0.481 e. The molecule has 0 aliphatic heterocycles. The van der Waals surface area contributed by atoms with Crippen molar-refractivity contribution in [2.24, 2.45) is 0 Å². The lowest BCUT2D eigenvalue weighted by atomic mass is 10.0. The maximum absolute atomic E-state index is 11.4. The Kier molecular flexibility index (Phi) is 6.46. The summed E-state index contributed by atoms with van der Waals surface area (Å²) in [5, 5.41) is 20.2. The van der Waals surface area contributed by atoms with Crippen molar-refractivity contribution in [1.82, 2.24) is 0 Å². The number of hydrogen-bond donors (Lipinski definition) is 0. The van der Waals surface area contributed by atoms with Gasteiger partial charge in [0.25, 0.3) is 5.69 Å². The Bertz CT molecular complexity index is 866. The van der Waals surface area contributed by atoms with Gasteiger partial charge in [-0.3, -0.25) is 10.1 Å². The molecule has 0 amide bonds. The van der Waals surface area contributed by atoms with Gasteiger partial charge in [-0.05, 0) is 36.8 Å². The average Bonchev–Trinajstić information content (AvgIpc) is 2.65. The molecule has 0 saturated heterocycles.